The summed E-state index contributed by atoms with van der Waals surface area (Å²) in [6.07, 6.45) is 5.73. The van der Waals surface area contributed by atoms with Crippen LogP contribution in [0.15, 0.2) is 24.3 Å². The van der Waals surface area contributed by atoms with Crippen LogP contribution in [0.1, 0.15) is 43.2 Å². The van der Waals surface area contributed by atoms with Crippen molar-refractivity contribution in [3.05, 3.63) is 35.4 Å². The maximum absolute atomic E-state index is 12.6. The van der Waals surface area contributed by atoms with Crippen LogP contribution in [0, 0.1) is 12.8 Å². The summed E-state index contributed by atoms with van der Waals surface area (Å²) < 4.78 is 0. The first-order valence-electron chi connectivity index (χ1n) is 9.89. The molecule has 1 amide bonds. The maximum atomic E-state index is 12.6. The van der Waals surface area contributed by atoms with E-state index in [1.165, 1.54) is 30.4 Å². The smallest absolute Gasteiger partial charge is 0.414 e. The van der Waals surface area contributed by atoms with Gasteiger partial charge in [-0.05, 0) is 57.7 Å². The molecule has 2 aliphatic rings. The Morgan fingerprint density at radius 3 is 1.93 bits per heavy atom. The molecule has 0 spiro atoms. The third kappa shape index (κ3) is 6.96. The Hall–Kier alpha value is -2.41. The van der Waals surface area contributed by atoms with Gasteiger partial charge in [-0.1, -0.05) is 29.8 Å². The third-order valence-electron chi connectivity index (χ3n) is 5.31. The van der Waals surface area contributed by atoms with Gasteiger partial charge in [0.1, 0.15) is 0 Å². The van der Waals surface area contributed by atoms with Gasteiger partial charge in [0.05, 0.1) is 0 Å². The number of piperidine rings is 2. The summed E-state index contributed by atoms with van der Waals surface area (Å²) in [5, 5.41) is 14.8. The Morgan fingerprint density at radius 1 is 0.893 bits per heavy atom. The quantitative estimate of drug-likeness (QED) is 0.769. The average Bonchev–Trinajstić information content (AvgIpc) is 2.71. The molecule has 3 rings (SSSR count). The number of rotatable bonds is 3. The first-order valence-corrected chi connectivity index (χ1v) is 9.89. The van der Waals surface area contributed by atoms with Crippen molar-refractivity contribution in [2.24, 2.45) is 5.92 Å². The molecule has 0 radical (unpaired) electrons. The first-order chi connectivity index (χ1) is 13.4. The summed E-state index contributed by atoms with van der Waals surface area (Å²) in [7, 11) is 0. The summed E-state index contributed by atoms with van der Waals surface area (Å²) in [6.45, 7) is 7.23. The van der Waals surface area contributed by atoms with Crippen LogP contribution in [0.5, 0.6) is 0 Å². The number of nitrogens with zero attached hydrogens (tertiary/aromatic N) is 2. The van der Waals surface area contributed by atoms with Gasteiger partial charge in [-0.2, -0.15) is 0 Å². The fourth-order valence-electron chi connectivity index (χ4n) is 3.66. The van der Waals surface area contributed by atoms with Gasteiger partial charge >= 0.3 is 11.9 Å². The van der Waals surface area contributed by atoms with E-state index in [9.17, 15) is 4.79 Å². The van der Waals surface area contributed by atoms with E-state index in [1.807, 2.05) is 0 Å². The summed E-state index contributed by atoms with van der Waals surface area (Å²) in [6, 6.07) is 8.81. The molecule has 0 saturated carbocycles. The predicted octanol–water partition coefficient (Wildman–Crippen LogP) is 2.38. The Labute approximate surface area is 165 Å². The highest BCUT2D eigenvalue weighted by atomic mass is 16.4. The molecule has 2 fully saturated rings. The predicted molar refractivity (Wildman–Crippen MR) is 105 cm³/mol. The number of benzene rings is 1. The lowest BCUT2D eigenvalue weighted by molar-refractivity contribution is -0.159. The molecule has 2 heterocycles. The van der Waals surface area contributed by atoms with Crippen molar-refractivity contribution in [3.8, 4) is 0 Å². The molecule has 7 nitrogen and oxygen atoms in total. The molecule has 154 valence electrons. The number of carboxylic acid groups (broad SMARTS) is 2. The van der Waals surface area contributed by atoms with E-state index >= 15 is 0 Å². The summed E-state index contributed by atoms with van der Waals surface area (Å²) in [5.41, 5.74) is 2.70. The molecule has 2 N–H and O–H groups in total. The number of aliphatic carboxylic acids is 2. The molecule has 2 aliphatic heterocycles. The van der Waals surface area contributed by atoms with Crippen molar-refractivity contribution in [3.63, 3.8) is 0 Å². The first kappa shape index (κ1) is 21.9. The van der Waals surface area contributed by atoms with Gasteiger partial charge in [0.15, 0.2) is 0 Å². The minimum atomic E-state index is -1.82. The van der Waals surface area contributed by atoms with Crippen LogP contribution in [0.4, 0.5) is 0 Å². The number of carbonyl (C=O) groups is 3. The van der Waals surface area contributed by atoms with Crippen molar-refractivity contribution in [2.45, 2.75) is 45.6 Å². The van der Waals surface area contributed by atoms with E-state index in [1.54, 1.807) is 0 Å². The molecular weight excluding hydrogens is 360 g/mol. The van der Waals surface area contributed by atoms with Gasteiger partial charge in [-0.25, -0.2) is 9.59 Å². The summed E-state index contributed by atoms with van der Waals surface area (Å²) in [4.78, 5) is 35.4. The summed E-state index contributed by atoms with van der Waals surface area (Å²) in [5.74, 6) is -2.95. The van der Waals surface area contributed by atoms with Crippen LogP contribution in [-0.2, 0) is 20.9 Å². The van der Waals surface area contributed by atoms with E-state index in [2.05, 4.69) is 41.0 Å². The third-order valence-corrected chi connectivity index (χ3v) is 5.31. The molecule has 0 aromatic heterocycles. The lowest BCUT2D eigenvalue weighted by atomic mass is 9.94. The van der Waals surface area contributed by atoms with Crippen LogP contribution < -0.4 is 0 Å². The molecule has 1 aromatic rings. The van der Waals surface area contributed by atoms with Gasteiger partial charge in [-0.15, -0.1) is 0 Å². The second-order valence-electron chi connectivity index (χ2n) is 7.53. The second-order valence-corrected chi connectivity index (χ2v) is 7.53. The van der Waals surface area contributed by atoms with E-state index in [0.717, 1.165) is 45.6 Å². The van der Waals surface area contributed by atoms with Gasteiger partial charge in [-0.3, -0.25) is 9.69 Å². The van der Waals surface area contributed by atoms with Gasteiger partial charge < -0.3 is 15.1 Å². The molecule has 0 aliphatic carbocycles. The van der Waals surface area contributed by atoms with E-state index in [4.69, 9.17) is 19.8 Å². The Balaban J connectivity index is 0.000000409. The molecule has 0 unspecified atom stereocenters. The second kappa shape index (κ2) is 10.8. The maximum Gasteiger partial charge on any atom is 0.414 e. The van der Waals surface area contributed by atoms with Crippen molar-refractivity contribution < 1.29 is 24.6 Å². The van der Waals surface area contributed by atoms with Crippen LogP contribution in [0.25, 0.3) is 0 Å². The molecule has 28 heavy (non-hydrogen) atoms. The minimum absolute atomic E-state index is 0.271. The standard InChI is InChI=1S/C19H28N2O.C2H2O4/c1-16-5-7-17(8-6-16)15-20-13-9-18(10-14-20)19(22)21-11-3-2-4-12-21;3-1(4)2(5)6/h5-8,18H,2-4,9-15H2,1H3;(H,3,4)(H,5,6). The lowest BCUT2D eigenvalue weighted by Gasteiger charge is -2.35. The van der Waals surface area contributed by atoms with Crippen LogP contribution in [0.2, 0.25) is 0 Å². The Morgan fingerprint density at radius 2 is 1.43 bits per heavy atom. The van der Waals surface area contributed by atoms with E-state index in [0.29, 0.717) is 5.91 Å². The van der Waals surface area contributed by atoms with Crippen LogP contribution in [0.3, 0.4) is 0 Å². The SMILES string of the molecule is Cc1ccc(CN2CCC(C(=O)N3CCCCC3)CC2)cc1.O=C(O)C(=O)O. The highest BCUT2D eigenvalue weighted by Crippen LogP contribution is 2.23. The van der Waals surface area contributed by atoms with Crippen molar-refractivity contribution in [1.29, 1.82) is 0 Å². The molecule has 2 saturated heterocycles. The normalized spacial score (nSPS) is 18.1. The number of amides is 1. The van der Waals surface area contributed by atoms with Gasteiger partial charge in [0, 0.05) is 25.6 Å². The van der Waals surface area contributed by atoms with E-state index in [-0.39, 0.29) is 5.92 Å². The minimum Gasteiger partial charge on any atom is -0.473 e. The fraction of sp³-hybridized carbons (Fsp3) is 0.571. The summed E-state index contributed by atoms with van der Waals surface area (Å²) >= 11 is 0. The average molecular weight is 390 g/mol. The van der Waals surface area contributed by atoms with Crippen molar-refractivity contribution >= 4 is 17.8 Å². The number of hydrogen-bond donors (Lipinski definition) is 2. The molecule has 0 bridgehead atoms. The van der Waals surface area contributed by atoms with Crippen molar-refractivity contribution in [2.75, 3.05) is 26.2 Å². The fourth-order valence-corrected chi connectivity index (χ4v) is 3.66. The highest BCUT2D eigenvalue weighted by Gasteiger charge is 2.29. The lowest BCUT2D eigenvalue weighted by Crippen LogP contribution is -2.44. The molecular formula is C21H30N2O5. The zero-order valence-electron chi connectivity index (χ0n) is 16.5. The number of carboxylic acids is 2. The highest BCUT2D eigenvalue weighted by molar-refractivity contribution is 6.27. The molecule has 7 heteroatoms. The molecule has 1 aromatic carbocycles. The van der Waals surface area contributed by atoms with E-state index < -0.39 is 11.9 Å². The van der Waals surface area contributed by atoms with Gasteiger partial charge in [0.2, 0.25) is 5.91 Å². The number of aryl methyl sites for hydroxylation is 1. The monoisotopic (exact) mass is 390 g/mol. The van der Waals surface area contributed by atoms with Crippen LogP contribution in [-0.4, -0.2) is 64.0 Å². The zero-order valence-corrected chi connectivity index (χ0v) is 16.5. The number of hydrogen-bond acceptors (Lipinski definition) is 4. The van der Waals surface area contributed by atoms with Crippen molar-refractivity contribution in [1.82, 2.24) is 9.80 Å². The molecule has 0 atom stereocenters. The van der Waals surface area contributed by atoms with Crippen LogP contribution >= 0.6 is 0 Å². The Kier molecular flexibility index (Phi) is 8.44. The number of likely N-dealkylation sites (tertiary alicyclic amines) is 2. The largest absolute Gasteiger partial charge is 0.473 e. The Bertz CT molecular complexity index is 648. The van der Waals surface area contributed by atoms with Gasteiger partial charge in [0.25, 0.3) is 0 Å². The topological polar surface area (TPSA) is 98.2 Å². The number of carbonyl (C=O) groups excluding carboxylic acids is 1. The zero-order chi connectivity index (χ0) is 20.5.